The van der Waals surface area contributed by atoms with Crippen LogP contribution in [0, 0.1) is 24.5 Å². The van der Waals surface area contributed by atoms with E-state index in [4.69, 9.17) is 4.74 Å². The van der Waals surface area contributed by atoms with Gasteiger partial charge in [-0.2, -0.15) is 4.39 Å². The van der Waals surface area contributed by atoms with Crippen molar-refractivity contribution >= 4 is 6.08 Å². The fourth-order valence-electron chi connectivity index (χ4n) is 4.24. The second-order valence-corrected chi connectivity index (χ2v) is 8.03. The molecule has 0 aromatic heterocycles. The van der Waals surface area contributed by atoms with Crippen LogP contribution in [-0.4, -0.2) is 0 Å². The molecule has 0 spiro atoms. The Kier molecular flexibility index (Phi) is 6.89. The van der Waals surface area contributed by atoms with Crippen molar-refractivity contribution in [2.45, 2.75) is 58.0 Å². The molecule has 0 saturated heterocycles. The highest BCUT2D eigenvalue weighted by molar-refractivity contribution is 5.58. The minimum absolute atomic E-state index is 0.0485. The Labute approximate surface area is 173 Å². The first kappa shape index (κ1) is 21.3. The van der Waals surface area contributed by atoms with Crippen molar-refractivity contribution in [2.24, 2.45) is 5.92 Å². The van der Waals surface area contributed by atoms with Crippen molar-refractivity contribution in [2.75, 3.05) is 0 Å². The van der Waals surface area contributed by atoms with Gasteiger partial charge in [0.25, 0.3) is 0 Å². The number of hydrogen-bond donors (Lipinski definition) is 0. The molecule has 1 unspecified atom stereocenters. The topological polar surface area (TPSA) is 9.23 Å². The Morgan fingerprint density at radius 3 is 2.28 bits per heavy atom. The van der Waals surface area contributed by atoms with E-state index in [1.807, 2.05) is 31.2 Å². The Hall–Kier alpha value is -2.42. The molecular formula is C26H30F2O. The van der Waals surface area contributed by atoms with Gasteiger partial charge in [-0.25, -0.2) is 4.39 Å². The van der Waals surface area contributed by atoms with Gasteiger partial charge in [0.1, 0.15) is 6.10 Å². The maximum atomic E-state index is 15.1. The smallest absolute Gasteiger partial charge is 0.201 e. The number of benzene rings is 2. The highest BCUT2D eigenvalue weighted by atomic mass is 19.2. The fourth-order valence-corrected chi connectivity index (χ4v) is 4.24. The molecule has 3 heteroatoms. The van der Waals surface area contributed by atoms with E-state index in [-0.39, 0.29) is 11.7 Å². The minimum atomic E-state index is -0.936. The van der Waals surface area contributed by atoms with Gasteiger partial charge in [0.2, 0.25) is 5.82 Å². The molecule has 154 valence electrons. The summed E-state index contributed by atoms with van der Waals surface area (Å²) >= 11 is 0. The first-order valence-electron chi connectivity index (χ1n) is 10.5. The van der Waals surface area contributed by atoms with E-state index in [1.165, 1.54) is 6.08 Å². The van der Waals surface area contributed by atoms with Gasteiger partial charge < -0.3 is 4.74 Å². The molecule has 0 bridgehead atoms. The third-order valence-corrected chi connectivity index (χ3v) is 6.17. The molecule has 1 aliphatic carbocycles. The molecule has 2 aromatic rings. The van der Waals surface area contributed by atoms with Crippen LogP contribution >= 0.6 is 0 Å². The summed E-state index contributed by atoms with van der Waals surface area (Å²) in [4.78, 5) is 0. The quantitative estimate of drug-likeness (QED) is 0.432. The zero-order valence-corrected chi connectivity index (χ0v) is 17.4. The first-order valence-corrected chi connectivity index (χ1v) is 10.5. The second-order valence-electron chi connectivity index (χ2n) is 8.03. The maximum Gasteiger partial charge on any atom is 0.201 e. The predicted octanol–water partition coefficient (Wildman–Crippen LogP) is 7.91. The van der Waals surface area contributed by atoms with Crippen LogP contribution in [-0.2, 0) is 0 Å². The summed E-state index contributed by atoms with van der Waals surface area (Å²) in [5, 5.41) is 0. The highest BCUT2D eigenvalue weighted by Gasteiger charge is 2.28. The summed E-state index contributed by atoms with van der Waals surface area (Å²) in [7, 11) is 0. The van der Waals surface area contributed by atoms with Crippen LogP contribution in [0.2, 0.25) is 0 Å². The number of rotatable bonds is 7. The van der Waals surface area contributed by atoms with Gasteiger partial charge in [0, 0.05) is 5.56 Å². The lowest BCUT2D eigenvalue weighted by Gasteiger charge is -2.29. The summed E-state index contributed by atoms with van der Waals surface area (Å²) in [6, 6.07) is 9.44. The molecule has 0 radical (unpaired) electrons. The zero-order valence-electron chi connectivity index (χ0n) is 17.4. The lowest BCUT2D eigenvalue weighted by atomic mass is 9.77. The minimum Gasteiger partial charge on any atom is -0.478 e. The van der Waals surface area contributed by atoms with Crippen molar-refractivity contribution in [3.8, 4) is 5.75 Å². The van der Waals surface area contributed by atoms with Crippen LogP contribution in [0.4, 0.5) is 8.78 Å². The summed E-state index contributed by atoms with van der Waals surface area (Å²) in [5.74, 6) is -1.09. The largest absolute Gasteiger partial charge is 0.478 e. The van der Waals surface area contributed by atoms with Crippen molar-refractivity contribution < 1.29 is 13.5 Å². The molecule has 3 rings (SSSR count). The van der Waals surface area contributed by atoms with E-state index in [9.17, 15) is 0 Å². The van der Waals surface area contributed by atoms with Gasteiger partial charge in [-0.3, -0.25) is 0 Å². The van der Waals surface area contributed by atoms with Gasteiger partial charge in [-0.05, 0) is 67.7 Å². The number of ether oxygens (including phenoxy) is 1. The summed E-state index contributed by atoms with van der Waals surface area (Å²) in [6.45, 7) is 11.8. The van der Waals surface area contributed by atoms with E-state index in [2.05, 4.69) is 20.1 Å². The first-order chi connectivity index (χ1) is 14.0. The standard InChI is InChI=1S/C26H30F2O/c1-5-18-10-14-20(15-11-18)22-16-19(6-2)26(25(28)24(22)27)29-23(7-3)21-12-8-17(4)9-13-21/h6-9,12-13,16,18,20,23H,2-3,5,10-11,14-15H2,1,4H3. The van der Waals surface area contributed by atoms with Gasteiger partial charge in [-0.1, -0.05) is 62.4 Å². The SMILES string of the molecule is C=Cc1cc(C2CCC(CC)CC2)c(F)c(F)c1OC(C=C)c1ccc(C)cc1. The predicted molar refractivity (Wildman–Crippen MR) is 116 cm³/mol. The molecule has 1 saturated carbocycles. The Morgan fingerprint density at radius 1 is 1.07 bits per heavy atom. The van der Waals surface area contributed by atoms with Crippen molar-refractivity contribution in [3.05, 3.63) is 83.5 Å². The number of aryl methyl sites for hydroxylation is 1. The molecular weight excluding hydrogens is 366 g/mol. The molecule has 0 heterocycles. The molecule has 1 aliphatic rings. The average molecular weight is 397 g/mol. The molecule has 0 N–H and O–H groups in total. The second kappa shape index (κ2) is 9.39. The Balaban J connectivity index is 1.91. The van der Waals surface area contributed by atoms with Gasteiger partial charge in [0.05, 0.1) is 0 Å². The van der Waals surface area contributed by atoms with Gasteiger partial charge in [-0.15, -0.1) is 0 Å². The Morgan fingerprint density at radius 2 is 1.72 bits per heavy atom. The normalized spacial score (nSPS) is 20.1. The van der Waals surface area contributed by atoms with Crippen LogP contribution in [0.5, 0.6) is 5.75 Å². The van der Waals surface area contributed by atoms with Crippen LogP contribution < -0.4 is 4.74 Å². The third-order valence-electron chi connectivity index (χ3n) is 6.17. The third kappa shape index (κ3) is 4.60. The van der Waals surface area contributed by atoms with E-state index < -0.39 is 17.7 Å². The highest BCUT2D eigenvalue weighted by Crippen LogP contribution is 2.41. The summed E-state index contributed by atoms with van der Waals surface area (Å²) in [5.41, 5.74) is 2.88. The van der Waals surface area contributed by atoms with Crippen LogP contribution in [0.15, 0.2) is 49.6 Å². The molecule has 2 aromatic carbocycles. The van der Waals surface area contributed by atoms with Crippen molar-refractivity contribution in [3.63, 3.8) is 0 Å². The number of hydrogen-bond acceptors (Lipinski definition) is 1. The molecule has 29 heavy (non-hydrogen) atoms. The van der Waals surface area contributed by atoms with Crippen LogP contribution in [0.3, 0.4) is 0 Å². The van der Waals surface area contributed by atoms with Crippen LogP contribution in [0.25, 0.3) is 6.08 Å². The van der Waals surface area contributed by atoms with Crippen molar-refractivity contribution in [1.82, 2.24) is 0 Å². The molecule has 1 fully saturated rings. The molecule has 0 amide bonds. The Bertz CT molecular complexity index is 861. The van der Waals surface area contributed by atoms with E-state index in [0.29, 0.717) is 17.0 Å². The fraction of sp³-hybridized carbons (Fsp3) is 0.385. The van der Waals surface area contributed by atoms with E-state index in [0.717, 1.165) is 43.2 Å². The van der Waals surface area contributed by atoms with E-state index in [1.54, 1.807) is 12.1 Å². The lowest BCUT2D eigenvalue weighted by Crippen LogP contribution is -2.15. The van der Waals surface area contributed by atoms with Crippen molar-refractivity contribution in [1.29, 1.82) is 0 Å². The monoisotopic (exact) mass is 396 g/mol. The summed E-state index contributed by atoms with van der Waals surface area (Å²) in [6.07, 6.45) is 7.62. The average Bonchev–Trinajstić information content (AvgIpc) is 2.75. The number of halogens is 2. The lowest BCUT2D eigenvalue weighted by molar-refractivity contribution is 0.238. The molecule has 1 atom stereocenters. The molecule has 0 aliphatic heterocycles. The summed E-state index contributed by atoms with van der Waals surface area (Å²) < 4.78 is 36.0. The van der Waals surface area contributed by atoms with E-state index >= 15 is 8.78 Å². The van der Waals surface area contributed by atoms with Crippen LogP contribution in [0.1, 0.15) is 73.3 Å². The van der Waals surface area contributed by atoms with Gasteiger partial charge >= 0.3 is 0 Å². The maximum absolute atomic E-state index is 15.1. The van der Waals surface area contributed by atoms with Gasteiger partial charge in [0.15, 0.2) is 11.6 Å². The zero-order chi connectivity index (χ0) is 21.0. The molecule has 1 nitrogen and oxygen atoms in total.